The van der Waals surface area contributed by atoms with E-state index in [1.54, 1.807) is 0 Å². The Balaban J connectivity index is 2.35. The smallest absolute Gasteiger partial charge is 0.311 e. The third-order valence-electron chi connectivity index (χ3n) is 2.44. The first-order chi connectivity index (χ1) is 9.63. The molecular formula is C13H9N3O4. The number of nitriles is 1. The highest BCUT2D eigenvalue weighted by Crippen LogP contribution is 2.34. The third-order valence-corrected chi connectivity index (χ3v) is 2.44. The van der Waals surface area contributed by atoms with Crippen LogP contribution in [-0.4, -0.2) is 17.0 Å². The molecule has 2 rings (SSSR count). The van der Waals surface area contributed by atoms with Gasteiger partial charge in [-0.25, -0.2) is 4.98 Å². The molecule has 100 valence electrons. The number of aromatic nitrogens is 1. The van der Waals surface area contributed by atoms with Crippen molar-refractivity contribution in [3.05, 3.63) is 52.3 Å². The van der Waals surface area contributed by atoms with Crippen molar-refractivity contribution in [3.63, 3.8) is 0 Å². The zero-order chi connectivity index (χ0) is 14.5. The van der Waals surface area contributed by atoms with E-state index in [0.717, 1.165) is 0 Å². The van der Waals surface area contributed by atoms with Crippen LogP contribution in [0.5, 0.6) is 17.2 Å². The van der Waals surface area contributed by atoms with Crippen molar-refractivity contribution in [1.29, 1.82) is 5.26 Å². The Hall–Kier alpha value is -3.14. The van der Waals surface area contributed by atoms with E-state index in [1.807, 2.05) is 6.07 Å². The summed E-state index contributed by atoms with van der Waals surface area (Å²) in [6, 6.07) is 9.02. The van der Waals surface area contributed by atoms with Crippen molar-refractivity contribution >= 4 is 5.69 Å². The number of nitrogens with zero attached hydrogens (tertiary/aromatic N) is 3. The van der Waals surface area contributed by atoms with Gasteiger partial charge < -0.3 is 9.47 Å². The Bertz CT molecular complexity index is 677. The molecule has 2 aromatic rings. The molecular weight excluding hydrogens is 262 g/mol. The van der Waals surface area contributed by atoms with Gasteiger partial charge in [0.15, 0.2) is 0 Å². The Kier molecular flexibility index (Phi) is 3.77. The largest absolute Gasteiger partial charge is 0.497 e. The molecule has 0 radical (unpaired) electrons. The highest BCUT2D eigenvalue weighted by molar-refractivity contribution is 5.52. The molecule has 0 unspecified atom stereocenters. The lowest BCUT2D eigenvalue weighted by atomic mass is 10.2. The number of nitro benzene ring substituents is 1. The molecule has 0 atom stereocenters. The summed E-state index contributed by atoms with van der Waals surface area (Å²) in [4.78, 5) is 14.2. The molecule has 0 aliphatic carbocycles. The number of ether oxygens (including phenoxy) is 2. The summed E-state index contributed by atoms with van der Waals surface area (Å²) in [5.74, 6) is 0.772. The zero-order valence-electron chi connectivity index (χ0n) is 10.4. The third kappa shape index (κ3) is 2.81. The summed E-state index contributed by atoms with van der Waals surface area (Å²) in [6.45, 7) is 0. The van der Waals surface area contributed by atoms with Gasteiger partial charge in [0, 0.05) is 12.1 Å². The van der Waals surface area contributed by atoms with Crippen molar-refractivity contribution < 1.29 is 14.4 Å². The van der Waals surface area contributed by atoms with E-state index in [4.69, 9.17) is 14.7 Å². The molecule has 7 heteroatoms. The molecule has 0 amide bonds. The summed E-state index contributed by atoms with van der Waals surface area (Å²) < 4.78 is 10.4. The molecule has 0 N–H and O–H groups in total. The molecule has 0 aliphatic rings. The van der Waals surface area contributed by atoms with E-state index in [-0.39, 0.29) is 17.1 Å². The minimum absolute atomic E-state index is 0.0425. The summed E-state index contributed by atoms with van der Waals surface area (Å²) in [7, 11) is 1.45. The highest BCUT2D eigenvalue weighted by atomic mass is 16.6. The number of hydrogen-bond donors (Lipinski definition) is 0. The SMILES string of the molecule is COc1ccc([N+](=O)[O-])c(Oc2ccc(C#N)nc2)c1. The predicted molar refractivity (Wildman–Crippen MR) is 68.7 cm³/mol. The van der Waals surface area contributed by atoms with Crippen molar-refractivity contribution in [1.82, 2.24) is 4.98 Å². The molecule has 0 saturated carbocycles. The summed E-state index contributed by atoms with van der Waals surface area (Å²) in [5, 5.41) is 19.6. The predicted octanol–water partition coefficient (Wildman–Crippen LogP) is 2.66. The molecule has 1 aromatic carbocycles. The van der Waals surface area contributed by atoms with Crippen LogP contribution in [0.2, 0.25) is 0 Å². The Morgan fingerprint density at radius 1 is 1.30 bits per heavy atom. The monoisotopic (exact) mass is 271 g/mol. The molecule has 1 heterocycles. The van der Waals surface area contributed by atoms with Crippen molar-refractivity contribution in [2.45, 2.75) is 0 Å². The van der Waals surface area contributed by atoms with Gasteiger partial charge in [-0.15, -0.1) is 0 Å². The minimum Gasteiger partial charge on any atom is -0.497 e. The van der Waals surface area contributed by atoms with E-state index < -0.39 is 4.92 Å². The lowest BCUT2D eigenvalue weighted by Gasteiger charge is -2.07. The van der Waals surface area contributed by atoms with Crippen LogP contribution in [-0.2, 0) is 0 Å². The van der Waals surface area contributed by atoms with E-state index in [2.05, 4.69) is 4.98 Å². The average molecular weight is 271 g/mol. The Morgan fingerprint density at radius 2 is 2.05 bits per heavy atom. The van der Waals surface area contributed by atoms with Crippen LogP contribution in [0.4, 0.5) is 5.69 Å². The molecule has 0 bridgehead atoms. The summed E-state index contributed by atoms with van der Waals surface area (Å²) >= 11 is 0. The number of hydrogen-bond acceptors (Lipinski definition) is 6. The maximum absolute atomic E-state index is 10.9. The fraction of sp³-hybridized carbons (Fsp3) is 0.0769. The number of nitro groups is 1. The van der Waals surface area contributed by atoms with Crippen LogP contribution in [0.15, 0.2) is 36.5 Å². The summed E-state index contributed by atoms with van der Waals surface area (Å²) in [6.07, 6.45) is 1.32. The molecule has 0 spiro atoms. The number of benzene rings is 1. The number of pyridine rings is 1. The van der Waals surface area contributed by atoms with E-state index in [9.17, 15) is 10.1 Å². The standard InChI is InChI=1S/C13H9N3O4/c1-19-10-4-5-12(16(17)18)13(6-10)20-11-3-2-9(7-14)15-8-11/h2-6,8H,1H3. The topological polar surface area (TPSA) is 98.3 Å². The summed E-state index contributed by atoms with van der Waals surface area (Å²) in [5.41, 5.74) is 0.0488. The van der Waals surface area contributed by atoms with Crippen LogP contribution in [0.3, 0.4) is 0 Å². The second-order valence-electron chi connectivity index (χ2n) is 3.68. The van der Waals surface area contributed by atoms with Gasteiger partial charge in [0.25, 0.3) is 0 Å². The van der Waals surface area contributed by atoms with Crippen LogP contribution >= 0.6 is 0 Å². The molecule has 0 fully saturated rings. The van der Waals surface area contributed by atoms with Gasteiger partial charge >= 0.3 is 5.69 Å². The van der Waals surface area contributed by atoms with Crippen molar-refractivity contribution in [3.8, 4) is 23.3 Å². The second kappa shape index (κ2) is 5.67. The van der Waals surface area contributed by atoms with Gasteiger partial charge in [0.05, 0.1) is 18.2 Å². The molecule has 20 heavy (non-hydrogen) atoms. The number of methoxy groups -OCH3 is 1. The number of rotatable bonds is 4. The van der Waals surface area contributed by atoms with Gasteiger partial charge in [0.2, 0.25) is 5.75 Å². The van der Waals surface area contributed by atoms with Crippen molar-refractivity contribution in [2.75, 3.05) is 7.11 Å². The van der Waals surface area contributed by atoms with Crippen LogP contribution in [0.25, 0.3) is 0 Å². The van der Waals surface area contributed by atoms with E-state index >= 15 is 0 Å². The Morgan fingerprint density at radius 3 is 2.60 bits per heavy atom. The molecule has 0 aliphatic heterocycles. The van der Waals surface area contributed by atoms with Crippen LogP contribution < -0.4 is 9.47 Å². The quantitative estimate of drug-likeness (QED) is 0.626. The molecule has 7 nitrogen and oxygen atoms in total. The molecule has 0 saturated heterocycles. The fourth-order valence-corrected chi connectivity index (χ4v) is 1.49. The maximum Gasteiger partial charge on any atom is 0.311 e. The van der Waals surface area contributed by atoms with Gasteiger partial charge in [-0.1, -0.05) is 0 Å². The first kappa shape index (κ1) is 13.3. The lowest BCUT2D eigenvalue weighted by molar-refractivity contribution is -0.385. The fourth-order valence-electron chi connectivity index (χ4n) is 1.49. The Labute approximate surface area is 114 Å². The first-order valence-corrected chi connectivity index (χ1v) is 5.50. The van der Waals surface area contributed by atoms with E-state index in [1.165, 1.54) is 43.6 Å². The van der Waals surface area contributed by atoms with Gasteiger partial charge in [-0.3, -0.25) is 10.1 Å². The van der Waals surface area contributed by atoms with Crippen LogP contribution in [0, 0.1) is 21.4 Å². The normalized spacial score (nSPS) is 9.60. The zero-order valence-corrected chi connectivity index (χ0v) is 10.4. The minimum atomic E-state index is -0.550. The van der Waals surface area contributed by atoms with Gasteiger partial charge in [-0.05, 0) is 18.2 Å². The average Bonchev–Trinajstić information content (AvgIpc) is 2.47. The lowest BCUT2D eigenvalue weighted by Crippen LogP contribution is -1.95. The van der Waals surface area contributed by atoms with Crippen molar-refractivity contribution in [2.24, 2.45) is 0 Å². The van der Waals surface area contributed by atoms with Gasteiger partial charge in [-0.2, -0.15) is 5.26 Å². The highest BCUT2D eigenvalue weighted by Gasteiger charge is 2.17. The second-order valence-corrected chi connectivity index (χ2v) is 3.68. The first-order valence-electron chi connectivity index (χ1n) is 5.50. The van der Waals surface area contributed by atoms with Gasteiger partial charge in [0.1, 0.15) is 23.3 Å². The maximum atomic E-state index is 10.9. The van der Waals surface area contributed by atoms with E-state index in [0.29, 0.717) is 11.5 Å². The van der Waals surface area contributed by atoms with Crippen LogP contribution in [0.1, 0.15) is 5.69 Å². The molecule has 1 aromatic heterocycles.